The molecule has 15 heavy (non-hydrogen) atoms. The molecule has 1 N–H and O–H groups in total. The monoisotopic (exact) mass is 291 g/mol. The fourth-order valence-corrected chi connectivity index (χ4v) is 2.08. The summed E-state index contributed by atoms with van der Waals surface area (Å²) < 4.78 is 13.4. The van der Waals surface area contributed by atoms with Crippen LogP contribution in [0.4, 0.5) is 10.1 Å². The third-order valence-electron chi connectivity index (χ3n) is 2.02. The van der Waals surface area contributed by atoms with Crippen LogP contribution in [0.15, 0.2) is 22.7 Å². The smallest absolute Gasteiger partial charge is 0.137 e. The van der Waals surface area contributed by atoms with Gasteiger partial charge in [-0.1, -0.05) is 0 Å². The molecule has 0 unspecified atom stereocenters. The maximum Gasteiger partial charge on any atom is 0.137 e. The second-order valence-electron chi connectivity index (χ2n) is 3.26. The van der Waals surface area contributed by atoms with Gasteiger partial charge >= 0.3 is 0 Å². The topological polar surface area (TPSA) is 12.0 Å². The van der Waals surface area contributed by atoms with Crippen molar-refractivity contribution in [2.45, 2.75) is 12.8 Å². The standard InChI is InChI=1S/C11H15BrFNS/c1-15-7-3-2-6-14-9-4-5-11(13)10(12)8-9/h4-5,8,14H,2-3,6-7H2,1H3. The molecule has 0 saturated carbocycles. The van der Waals surface area contributed by atoms with Gasteiger partial charge in [0.05, 0.1) is 4.47 Å². The molecule has 0 aliphatic rings. The van der Waals surface area contributed by atoms with Crippen molar-refractivity contribution in [2.24, 2.45) is 0 Å². The molecule has 0 amide bonds. The van der Waals surface area contributed by atoms with Crippen molar-refractivity contribution in [3.05, 3.63) is 28.5 Å². The Morgan fingerprint density at radius 3 is 2.87 bits per heavy atom. The third-order valence-corrected chi connectivity index (χ3v) is 3.33. The fourth-order valence-electron chi connectivity index (χ4n) is 1.21. The number of anilines is 1. The minimum absolute atomic E-state index is 0.220. The zero-order valence-corrected chi connectivity index (χ0v) is 11.1. The average molecular weight is 292 g/mol. The maximum absolute atomic E-state index is 12.9. The van der Waals surface area contributed by atoms with Gasteiger partial charge < -0.3 is 5.32 Å². The molecule has 0 atom stereocenters. The van der Waals surface area contributed by atoms with Crippen LogP contribution in [0.1, 0.15) is 12.8 Å². The van der Waals surface area contributed by atoms with Crippen molar-refractivity contribution in [3.8, 4) is 0 Å². The molecule has 0 bridgehead atoms. The van der Waals surface area contributed by atoms with Gasteiger partial charge in [0.1, 0.15) is 5.82 Å². The summed E-state index contributed by atoms with van der Waals surface area (Å²) in [5, 5.41) is 3.27. The molecule has 0 fully saturated rings. The van der Waals surface area contributed by atoms with Crippen molar-refractivity contribution < 1.29 is 4.39 Å². The Morgan fingerprint density at radius 2 is 2.20 bits per heavy atom. The van der Waals surface area contributed by atoms with Crippen molar-refractivity contribution >= 4 is 33.4 Å². The first-order chi connectivity index (χ1) is 7.24. The van der Waals surface area contributed by atoms with E-state index in [1.807, 2.05) is 11.8 Å². The fraction of sp³-hybridized carbons (Fsp3) is 0.455. The molecule has 0 aliphatic heterocycles. The number of hydrogen-bond acceptors (Lipinski definition) is 2. The first-order valence-corrected chi connectivity index (χ1v) is 7.10. The van der Waals surface area contributed by atoms with Crippen LogP contribution in [-0.2, 0) is 0 Å². The van der Waals surface area contributed by atoms with Crippen molar-refractivity contribution in [1.82, 2.24) is 0 Å². The minimum atomic E-state index is -0.220. The molecule has 4 heteroatoms. The first-order valence-electron chi connectivity index (χ1n) is 4.92. The zero-order valence-electron chi connectivity index (χ0n) is 8.72. The van der Waals surface area contributed by atoms with Crippen LogP contribution in [0.25, 0.3) is 0 Å². The summed E-state index contributed by atoms with van der Waals surface area (Å²) in [4.78, 5) is 0. The SMILES string of the molecule is CSCCCCNc1ccc(F)c(Br)c1. The lowest BCUT2D eigenvalue weighted by atomic mass is 10.3. The quantitative estimate of drug-likeness (QED) is 0.791. The molecule has 84 valence electrons. The van der Waals surface area contributed by atoms with Gasteiger partial charge in [-0.15, -0.1) is 0 Å². The van der Waals surface area contributed by atoms with Crippen molar-refractivity contribution in [2.75, 3.05) is 23.9 Å². The number of nitrogens with one attached hydrogen (secondary N) is 1. The summed E-state index contributed by atoms with van der Waals surface area (Å²) in [6.45, 7) is 0.943. The van der Waals surface area contributed by atoms with Crippen LogP contribution < -0.4 is 5.32 Å². The van der Waals surface area contributed by atoms with Gasteiger partial charge in [0.25, 0.3) is 0 Å². The highest BCUT2D eigenvalue weighted by molar-refractivity contribution is 9.10. The molecule has 0 heterocycles. The van der Waals surface area contributed by atoms with Gasteiger partial charge in [0.2, 0.25) is 0 Å². The molecule has 1 rings (SSSR count). The van der Waals surface area contributed by atoms with Crippen LogP contribution in [0, 0.1) is 5.82 Å². The van der Waals surface area contributed by atoms with Crippen LogP contribution in [0.5, 0.6) is 0 Å². The summed E-state index contributed by atoms with van der Waals surface area (Å²) in [7, 11) is 0. The van der Waals surface area contributed by atoms with E-state index in [9.17, 15) is 4.39 Å². The summed E-state index contributed by atoms with van der Waals surface area (Å²) >= 11 is 5.03. The van der Waals surface area contributed by atoms with Crippen LogP contribution >= 0.6 is 27.7 Å². The highest BCUT2D eigenvalue weighted by Crippen LogP contribution is 2.19. The molecule has 0 saturated heterocycles. The second-order valence-corrected chi connectivity index (χ2v) is 5.10. The Morgan fingerprint density at radius 1 is 1.40 bits per heavy atom. The lowest BCUT2D eigenvalue weighted by Crippen LogP contribution is -2.01. The van der Waals surface area contributed by atoms with E-state index in [2.05, 4.69) is 27.5 Å². The van der Waals surface area contributed by atoms with Crippen molar-refractivity contribution in [1.29, 1.82) is 0 Å². The molecular formula is C11H15BrFNS. The van der Waals surface area contributed by atoms with Crippen LogP contribution in [-0.4, -0.2) is 18.6 Å². The number of halogens is 2. The number of hydrogen-bond donors (Lipinski definition) is 1. The van der Waals surface area contributed by atoms with E-state index in [1.165, 1.54) is 18.2 Å². The number of unbranched alkanes of at least 4 members (excludes halogenated alkanes) is 1. The summed E-state index contributed by atoms with van der Waals surface area (Å²) in [6, 6.07) is 4.99. The lowest BCUT2D eigenvalue weighted by molar-refractivity contribution is 0.621. The van der Waals surface area contributed by atoms with Gasteiger partial charge in [-0.3, -0.25) is 0 Å². The minimum Gasteiger partial charge on any atom is -0.385 e. The molecule has 0 aliphatic carbocycles. The van der Waals surface area contributed by atoms with Gasteiger partial charge in [-0.2, -0.15) is 11.8 Å². The molecule has 0 radical (unpaired) electrons. The van der Waals surface area contributed by atoms with E-state index >= 15 is 0 Å². The highest BCUT2D eigenvalue weighted by atomic mass is 79.9. The third kappa shape index (κ3) is 4.89. The number of thioether (sulfide) groups is 1. The Bertz CT molecular complexity index is 307. The van der Waals surface area contributed by atoms with E-state index < -0.39 is 0 Å². The Labute approximate surface area is 103 Å². The average Bonchev–Trinajstić information content (AvgIpc) is 2.23. The van der Waals surface area contributed by atoms with Crippen LogP contribution in [0.3, 0.4) is 0 Å². The van der Waals surface area contributed by atoms with E-state index in [0.717, 1.165) is 18.7 Å². The Hall–Kier alpha value is -0.220. The number of rotatable bonds is 6. The van der Waals surface area contributed by atoms with Gasteiger partial charge in [0.15, 0.2) is 0 Å². The molecular weight excluding hydrogens is 277 g/mol. The van der Waals surface area contributed by atoms with Crippen LogP contribution in [0.2, 0.25) is 0 Å². The maximum atomic E-state index is 12.9. The molecule has 1 aromatic carbocycles. The normalized spacial score (nSPS) is 10.3. The van der Waals surface area contributed by atoms with Gasteiger partial charge in [-0.05, 0) is 59.0 Å². The van der Waals surface area contributed by atoms with E-state index in [0.29, 0.717) is 4.47 Å². The highest BCUT2D eigenvalue weighted by Gasteiger charge is 1.99. The first kappa shape index (κ1) is 12.8. The van der Waals surface area contributed by atoms with E-state index in [-0.39, 0.29) is 5.82 Å². The van der Waals surface area contributed by atoms with Crippen molar-refractivity contribution in [3.63, 3.8) is 0 Å². The molecule has 1 nitrogen and oxygen atoms in total. The second kappa shape index (κ2) is 7.12. The predicted octanol–water partition coefficient (Wildman–Crippen LogP) is 4.14. The summed E-state index contributed by atoms with van der Waals surface area (Å²) in [5.41, 5.74) is 0.965. The molecule has 0 spiro atoms. The molecule has 1 aromatic rings. The molecule has 0 aromatic heterocycles. The Balaban J connectivity index is 2.28. The largest absolute Gasteiger partial charge is 0.385 e. The van der Waals surface area contributed by atoms with E-state index in [1.54, 1.807) is 12.1 Å². The number of benzene rings is 1. The van der Waals surface area contributed by atoms with Gasteiger partial charge in [-0.25, -0.2) is 4.39 Å². The predicted molar refractivity (Wildman–Crippen MR) is 70.2 cm³/mol. The summed E-state index contributed by atoms with van der Waals surface area (Å²) in [6.07, 6.45) is 4.48. The Kier molecular flexibility index (Phi) is 6.10. The lowest BCUT2D eigenvalue weighted by Gasteiger charge is -2.06. The van der Waals surface area contributed by atoms with Gasteiger partial charge in [0, 0.05) is 12.2 Å². The summed E-state index contributed by atoms with van der Waals surface area (Å²) in [5.74, 6) is 0.984. The van der Waals surface area contributed by atoms with E-state index in [4.69, 9.17) is 0 Å². The zero-order chi connectivity index (χ0) is 11.1.